The van der Waals surface area contributed by atoms with E-state index >= 15 is 0 Å². The molecular weight excluding hydrogens is 306 g/mol. The Bertz CT molecular complexity index is 876. The largest absolute Gasteiger partial charge is 0.333 e. The molecule has 3 aromatic carbocycles. The molecule has 1 N–H and O–H groups in total. The first kappa shape index (κ1) is 16.4. The molecule has 0 aromatic heterocycles. The minimum atomic E-state index is 0.597. The summed E-state index contributed by atoms with van der Waals surface area (Å²) >= 11 is 0. The van der Waals surface area contributed by atoms with Crippen LogP contribution in [0, 0.1) is 12.0 Å². The van der Waals surface area contributed by atoms with Crippen LogP contribution in [0.25, 0.3) is 0 Å². The molecule has 0 aliphatic carbocycles. The fourth-order valence-corrected chi connectivity index (χ4v) is 2.23. The van der Waals surface area contributed by atoms with Crippen LogP contribution in [0.15, 0.2) is 96.0 Å². The van der Waals surface area contributed by atoms with E-state index in [1.165, 1.54) is 0 Å². The lowest BCUT2D eigenvalue weighted by atomic mass is 10.3. The molecule has 0 saturated carbocycles. The molecule has 3 aromatic rings. The first-order valence-electron chi connectivity index (χ1n) is 8.07. The van der Waals surface area contributed by atoms with Gasteiger partial charge in [0.25, 0.3) is 0 Å². The first-order chi connectivity index (χ1) is 12.3. The minimum Gasteiger partial charge on any atom is -0.333 e. The molecular formula is C22H19N3. The van der Waals surface area contributed by atoms with Crippen LogP contribution in [0.2, 0.25) is 0 Å². The summed E-state index contributed by atoms with van der Waals surface area (Å²) in [4.78, 5) is 6.51. The number of amidine groups is 1. The summed E-state index contributed by atoms with van der Waals surface area (Å²) in [5, 5.41) is 3.28. The van der Waals surface area contributed by atoms with Gasteiger partial charge in [-0.2, -0.15) is 0 Å². The molecule has 0 aliphatic rings. The smallest absolute Gasteiger partial charge is 0.185 e. The molecule has 0 aliphatic heterocycles. The van der Waals surface area contributed by atoms with Crippen molar-refractivity contribution in [1.82, 2.24) is 0 Å². The van der Waals surface area contributed by atoms with Crippen LogP contribution in [-0.2, 0) is 0 Å². The average Bonchev–Trinajstić information content (AvgIpc) is 2.68. The normalized spacial score (nSPS) is 10.5. The standard InChI is InChI=1S/C22H19N3/c1-25(21-15-9-4-10-16-21)18-17-22(23-19-11-5-2-6-12-19)24-20-13-7-3-8-14-20/h2-16H,1H3,(H,23,24). The van der Waals surface area contributed by atoms with Crippen LogP contribution in [0.4, 0.5) is 17.1 Å². The van der Waals surface area contributed by atoms with Gasteiger partial charge in [0.05, 0.1) is 5.69 Å². The Morgan fingerprint density at radius 2 is 1.36 bits per heavy atom. The topological polar surface area (TPSA) is 27.6 Å². The molecule has 0 fully saturated rings. The van der Waals surface area contributed by atoms with Crippen molar-refractivity contribution in [1.29, 1.82) is 0 Å². The Kier molecular flexibility index (Phi) is 5.48. The molecule has 3 rings (SSSR count). The van der Waals surface area contributed by atoms with Gasteiger partial charge < -0.3 is 10.2 Å². The molecule has 0 unspecified atom stereocenters. The molecule has 3 nitrogen and oxygen atoms in total. The molecule has 0 amide bonds. The molecule has 0 bridgehead atoms. The second-order valence-electron chi connectivity index (χ2n) is 5.42. The lowest BCUT2D eigenvalue weighted by molar-refractivity contribution is 1.25. The minimum absolute atomic E-state index is 0.597. The molecule has 122 valence electrons. The maximum Gasteiger partial charge on any atom is 0.185 e. The number of anilines is 2. The fourth-order valence-electron chi connectivity index (χ4n) is 2.23. The van der Waals surface area contributed by atoms with Gasteiger partial charge in [-0.3, -0.25) is 0 Å². The van der Waals surface area contributed by atoms with E-state index in [0.29, 0.717) is 5.84 Å². The van der Waals surface area contributed by atoms with Gasteiger partial charge in [-0.15, -0.1) is 0 Å². The van der Waals surface area contributed by atoms with Gasteiger partial charge in [0, 0.05) is 24.5 Å². The van der Waals surface area contributed by atoms with Gasteiger partial charge >= 0.3 is 0 Å². The number of para-hydroxylation sites is 3. The highest BCUT2D eigenvalue weighted by atomic mass is 15.1. The molecule has 0 spiro atoms. The van der Waals surface area contributed by atoms with E-state index in [0.717, 1.165) is 17.1 Å². The lowest BCUT2D eigenvalue weighted by Gasteiger charge is -2.10. The van der Waals surface area contributed by atoms with Crippen molar-refractivity contribution in [3.05, 3.63) is 91.0 Å². The van der Waals surface area contributed by atoms with Gasteiger partial charge in [-0.25, -0.2) is 4.99 Å². The predicted molar refractivity (Wildman–Crippen MR) is 106 cm³/mol. The van der Waals surface area contributed by atoms with Crippen molar-refractivity contribution < 1.29 is 0 Å². The van der Waals surface area contributed by atoms with Crippen LogP contribution < -0.4 is 10.2 Å². The predicted octanol–water partition coefficient (Wildman–Crippen LogP) is 4.93. The number of rotatable bonds is 3. The molecule has 0 saturated heterocycles. The van der Waals surface area contributed by atoms with Gasteiger partial charge in [0.15, 0.2) is 5.84 Å². The van der Waals surface area contributed by atoms with Crippen LogP contribution in [-0.4, -0.2) is 12.9 Å². The van der Waals surface area contributed by atoms with Gasteiger partial charge in [-0.05, 0) is 42.3 Å². The van der Waals surface area contributed by atoms with E-state index in [4.69, 9.17) is 0 Å². The summed E-state index contributed by atoms with van der Waals surface area (Å²) in [5.74, 6) is 3.73. The Balaban J connectivity index is 1.87. The summed E-state index contributed by atoms with van der Waals surface area (Å²) in [6.07, 6.45) is 0. The third-order valence-corrected chi connectivity index (χ3v) is 3.52. The zero-order valence-electron chi connectivity index (χ0n) is 14.1. The molecule has 0 heterocycles. The molecule has 3 heteroatoms. The number of nitrogens with one attached hydrogen (secondary N) is 1. The van der Waals surface area contributed by atoms with Crippen molar-refractivity contribution >= 4 is 22.9 Å². The van der Waals surface area contributed by atoms with Crippen LogP contribution >= 0.6 is 0 Å². The van der Waals surface area contributed by atoms with Crippen molar-refractivity contribution in [2.24, 2.45) is 4.99 Å². The monoisotopic (exact) mass is 325 g/mol. The van der Waals surface area contributed by atoms with E-state index in [2.05, 4.69) is 22.3 Å². The average molecular weight is 325 g/mol. The van der Waals surface area contributed by atoms with Gasteiger partial charge in [0.2, 0.25) is 0 Å². The Morgan fingerprint density at radius 3 is 2.00 bits per heavy atom. The summed E-state index contributed by atoms with van der Waals surface area (Å²) in [5.41, 5.74) is 2.85. The van der Waals surface area contributed by atoms with Crippen molar-refractivity contribution in [2.75, 3.05) is 17.3 Å². The maximum atomic E-state index is 4.62. The van der Waals surface area contributed by atoms with E-state index in [-0.39, 0.29) is 0 Å². The zero-order chi connectivity index (χ0) is 17.3. The van der Waals surface area contributed by atoms with Crippen molar-refractivity contribution in [2.45, 2.75) is 0 Å². The maximum absolute atomic E-state index is 4.62. The summed E-state index contributed by atoms with van der Waals surface area (Å²) in [6.45, 7) is 0. The Morgan fingerprint density at radius 1 is 0.800 bits per heavy atom. The second-order valence-corrected chi connectivity index (χ2v) is 5.42. The van der Waals surface area contributed by atoms with Gasteiger partial charge in [0.1, 0.15) is 0 Å². The summed E-state index contributed by atoms with van der Waals surface area (Å²) in [7, 11) is 1.94. The number of hydrogen-bond donors (Lipinski definition) is 1. The van der Waals surface area contributed by atoms with Crippen LogP contribution in [0.3, 0.4) is 0 Å². The van der Waals surface area contributed by atoms with E-state index in [1.807, 2.05) is 103 Å². The number of hydrogen-bond acceptors (Lipinski definition) is 2. The highest BCUT2D eigenvalue weighted by Crippen LogP contribution is 2.13. The second kappa shape index (κ2) is 8.37. The van der Waals surface area contributed by atoms with Gasteiger partial charge in [-0.1, -0.05) is 54.6 Å². The molecule has 25 heavy (non-hydrogen) atoms. The van der Waals surface area contributed by atoms with Crippen molar-refractivity contribution in [3.8, 4) is 12.0 Å². The van der Waals surface area contributed by atoms with E-state index in [1.54, 1.807) is 0 Å². The van der Waals surface area contributed by atoms with Crippen LogP contribution in [0.5, 0.6) is 0 Å². The fraction of sp³-hybridized carbons (Fsp3) is 0.0455. The highest BCUT2D eigenvalue weighted by Gasteiger charge is 1.99. The molecule has 0 radical (unpaired) electrons. The third kappa shape index (κ3) is 4.98. The number of benzene rings is 3. The van der Waals surface area contributed by atoms with Crippen LogP contribution in [0.1, 0.15) is 0 Å². The zero-order valence-corrected chi connectivity index (χ0v) is 14.1. The van der Waals surface area contributed by atoms with Crippen molar-refractivity contribution in [3.63, 3.8) is 0 Å². The lowest BCUT2D eigenvalue weighted by Crippen LogP contribution is -2.13. The Hall–Kier alpha value is -3.51. The SMILES string of the molecule is CN(C#CC(=Nc1ccccc1)Nc1ccccc1)c1ccccc1. The first-order valence-corrected chi connectivity index (χ1v) is 8.07. The third-order valence-electron chi connectivity index (χ3n) is 3.52. The molecule has 0 atom stereocenters. The Labute approximate surface area is 148 Å². The summed E-state index contributed by atoms with van der Waals surface area (Å²) in [6, 6.07) is 32.9. The summed E-state index contributed by atoms with van der Waals surface area (Å²) < 4.78 is 0. The highest BCUT2D eigenvalue weighted by molar-refractivity contribution is 6.09. The number of aliphatic imine (C=N–C) groups is 1. The van der Waals surface area contributed by atoms with E-state index in [9.17, 15) is 0 Å². The number of nitrogens with zero attached hydrogens (tertiary/aromatic N) is 2. The quantitative estimate of drug-likeness (QED) is 0.320. The van der Waals surface area contributed by atoms with E-state index < -0.39 is 0 Å².